The minimum atomic E-state index is -0.395. The number of nitrogens with zero attached hydrogens (tertiary/aromatic N) is 1. The molecular formula is C7H8ClN3O2. The van der Waals surface area contributed by atoms with Gasteiger partial charge in [-0.3, -0.25) is 4.79 Å². The van der Waals surface area contributed by atoms with E-state index in [1.165, 1.54) is 6.07 Å². The second kappa shape index (κ2) is 3.49. The first-order chi connectivity index (χ1) is 6.06. The van der Waals surface area contributed by atoms with E-state index in [9.17, 15) is 4.79 Å². The van der Waals surface area contributed by atoms with Crippen LogP contribution in [0.15, 0.2) is 16.0 Å². The van der Waals surface area contributed by atoms with Gasteiger partial charge < -0.3 is 15.9 Å². The Hall–Kier alpha value is -1.49. The lowest BCUT2D eigenvalue weighted by Crippen LogP contribution is -2.19. The molecule has 1 aromatic rings. The van der Waals surface area contributed by atoms with Crippen LogP contribution in [0.3, 0.4) is 0 Å². The fourth-order valence-corrected chi connectivity index (χ4v) is 1.07. The zero-order chi connectivity index (χ0) is 10.0. The number of aryl methyl sites for hydroxylation is 1. The van der Waals surface area contributed by atoms with Crippen molar-refractivity contribution in [2.75, 3.05) is 0 Å². The molecule has 0 amide bonds. The second-order valence-corrected chi connectivity index (χ2v) is 2.88. The van der Waals surface area contributed by atoms with Crippen molar-refractivity contribution in [3.8, 4) is 0 Å². The maximum atomic E-state index is 11.0. The number of rotatable bonds is 1. The van der Waals surface area contributed by atoms with Gasteiger partial charge in [-0.1, -0.05) is 16.8 Å². The Balaban J connectivity index is 3.40. The summed E-state index contributed by atoms with van der Waals surface area (Å²) in [5.74, 6) is -0.0874. The van der Waals surface area contributed by atoms with Crippen molar-refractivity contribution >= 4 is 17.4 Å². The largest absolute Gasteiger partial charge is 0.409 e. The lowest BCUT2D eigenvalue weighted by molar-refractivity contribution is 0.318. The molecule has 13 heavy (non-hydrogen) atoms. The van der Waals surface area contributed by atoms with E-state index in [0.717, 1.165) is 0 Å². The molecule has 0 fully saturated rings. The number of halogens is 1. The van der Waals surface area contributed by atoms with Crippen LogP contribution in [0.1, 0.15) is 11.3 Å². The number of H-pyrrole nitrogens is 1. The molecule has 6 heteroatoms. The van der Waals surface area contributed by atoms with E-state index < -0.39 is 5.56 Å². The van der Waals surface area contributed by atoms with Gasteiger partial charge in [-0.05, 0) is 13.0 Å². The fourth-order valence-electron chi connectivity index (χ4n) is 0.918. The summed E-state index contributed by atoms with van der Waals surface area (Å²) in [4.78, 5) is 13.4. The molecule has 0 bridgehead atoms. The molecule has 0 saturated carbocycles. The molecule has 0 saturated heterocycles. The summed E-state index contributed by atoms with van der Waals surface area (Å²) in [6.45, 7) is 1.63. The van der Waals surface area contributed by atoms with E-state index in [2.05, 4.69) is 10.1 Å². The van der Waals surface area contributed by atoms with Crippen molar-refractivity contribution in [2.24, 2.45) is 10.9 Å². The molecule has 1 rings (SSSR count). The van der Waals surface area contributed by atoms with Gasteiger partial charge in [0.2, 0.25) is 0 Å². The molecule has 4 N–H and O–H groups in total. The Labute approximate surface area is 78.8 Å². The third kappa shape index (κ3) is 1.81. The molecule has 0 spiro atoms. The van der Waals surface area contributed by atoms with Gasteiger partial charge in [0.15, 0.2) is 5.84 Å². The lowest BCUT2D eigenvalue weighted by Gasteiger charge is -2.02. The maximum absolute atomic E-state index is 11.0. The Bertz CT molecular complexity index is 411. The van der Waals surface area contributed by atoms with E-state index in [-0.39, 0.29) is 10.9 Å². The van der Waals surface area contributed by atoms with Crippen LogP contribution in [-0.2, 0) is 0 Å². The Morgan fingerprint density at radius 2 is 2.38 bits per heavy atom. The molecule has 70 valence electrons. The summed E-state index contributed by atoms with van der Waals surface area (Å²) in [5, 5.41) is 11.2. The highest BCUT2D eigenvalue weighted by Crippen LogP contribution is 2.07. The Morgan fingerprint density at radius 1 is 1.77 bits per heavy atom. The molecule has 0 aliphatic carbocycles. The number of aromatic amines is 1. The zero-order valence-electron chi connectivity index (χ0n) is 6.84. The van der Waals surface area contributed by atoms with Crippen LogP contribution in [0.2, 0.25) is 5.02 Å². The first-order valence-electron chi connectivity index (χ1n) is 3.43. The minimum absolute atomic E-state index is 0.00667. The molecule has 0 unspecified atom stereocenters. The predicted octanol–water partition coefficient (Wildman–Crippen LogP) is 0.431. The van der Waals surface area contributed by atoms with Gasteiger partial charge >= 0.3 is 0 Å². The van der Waals surface area contributed by atoms with Gasteiger partial charge in [0, 0.05) is 11.3 Å². The molecular weight excluding hydrogens is 194 g/mol. The normalized spacial score (nSPS) is 11.7. The molecule has 0 aliphatic rings. The van der Waals surface area contributed by atoms with Gasteiger partial charge in [0.1, 0.15) is 5.02 Å². The van der Waals surface area contributed by atoms with Crippen LogP contribution in [0.5, 0.6) is 0 Å². The van der Waals surface area contributed by atoms with Crippen molar-refractivity contribution < 1.29 is 5.21 Å². The van der Waals surface area contributed by atoms with Crippen molar-refractivity contribution in [3.05, 3.63) is 32.7 Å². The van der Waals surface area contributed by atoms with Crippen molar-refractivity contribution in [1.29, 1.82) is 0 Å². The molecule has 0 radical (unpaired) electrons. The molecule has 0 aromatic carbocycles. The second-order valence-electron chi connectivity index (χ2n) is 2.47. The topological polar surface area (TPSA) is 91.5 Å². The van der Waals surface area contributed by atoms with Crippen molar-refractivity contribution in [1.82, 2.24) is 4.98 Å². The number of nitrogens with two attached hydrogens (primary N) is 1. The summed E-state index contributed by atoms with van der Waals surface area (Å²) < 4.78 is 0. The van der Waals surface area contributed by atoms with E-state index in [0.29, 0.717) is 11.3 Å². The van der Waals surface area contributed by atoms with Crippen LogP contribution in [-0.4, -0.2) is 16.0 Å². The number of nitrogens with one attached hydrogen (secondary N) is 1. The first-order valence-corrected chi connectivity index (χ1v) is 3.81. The average molecular weight is 202 g/mol. The number of pyridine rings is 1. The maximum Gasteiger partial charge on any atom is 0.266 e. The number of oxime groups is 1. The van der Waals surface area contributed by atoms with Gasteiger partial charge in [-0.2, -0.15) is 0 Å². The fraction of sp³-hybridized carbons (Fsp3) is 0.143. The summed E-state index contributed by atoms with van der Waals surface area (Å²) in [5.41, 5.74) is 5.85. The Kier molecular flexibility index (Phi) is 2.57. The van der Waals surface area contributed by atoms with Crippen LogP contribution >= 0.6 is 11.6 Å². The molecule has 0 atom stereocenters. The molecule has 1 aromatic heterocycles. The first kappa shape index (κ1) is 9.60. The van der Waals surface area contributed by atoms with E-state index in [4.69, 9.17) is 22.5 Å². The number of hydrogen-bond donors (Lipinski definition) is 3. The predicted molar refractivity (Wildman–Crippen MR) is 49.3 cm³/mol. The standard InChI is InChI=1S/C7H8ClN3O2/c1-3-4(6(9)11-13)2-5(8)7(12)10-3/h2,13H,1H3,(H2,9,11)(H,10,12). The number of hydrogen-bond acceptors (Lipinski definition) is 3. The van der Waals surface area contributed by atoms with Gasteiger partial charge in [-0.25, -0.2) is 0 Å². The lowest BCUT2D eigenvalue weighted by atomic mass is 10.2. The van der Waals surface area contributed by atoms with Crippen molar-refractivity contribution in [3.63, 3.8) is 0 Å². The zero-order valence-corrected chi connectivity index (χ0v) is 7.59. The smallest absolute Gasteiger partial charge is 0.266 e. The van der Waals surface area contributed by atoms with E-state index in [1.54, 1.807) is 6.92 Å². The summed E-state index contributed by atoms with van der Waals surface area (Å²) in [6, 6.07) is 1.35. The van der Waals surface area contributed by atoms with Crippen LogP contribution < -0.4 is 11.3 Å². The van der Waals surface area contributed by atoms with Crippen LogP contribution in [0.4, 0.5) is 0 Å². The van der Waals surface area contributed by atoms with Gasteiger partial charge in [0.05, 0.1) is 0 Å². The van der Waals surface area contributed by atoms with Crippen LogP contribution in [0.25, 0.3) is 0 Å². The molecule has 5 nitrogen and oxygen atoms in total. The van der Waals surface area contributed by atoms with Gasteiger partial charge in [-0.15, -0.1) is 0 Å². The number of aromatic nitrogens is 1. The van der Waals surface area contributed by atoms with Gasteiger partial charge in [0.25, 0.3) is 5.56 Å². The highest BCUT2D eigenvalue weighted by molar-refractivity contribution is 6.30. The average Bonchev–Trinajstić information content (AvgIpc) is 2.10. The summed E-state index contributed by atoms with van der Waals surface area (Å²) >= 11 is 5.55. The Morgan fingerprint density at radius 3 is 2.92 bits per heavy atom. The highest BCUT2D eigenvalue weighted by atomic mass is 35.5. The van der Waals surface area contributed by atoms with E-state index in [1.807, 2.05) is 0 Å². The monoisotopic (exact) mass is 201 g/mol. The number of amidine groups is 1. The SMILES string of the molecule is Cc1[nH]c(=O)c(Cl)cc1/C(N)=N/O. The summed E-state index contributed by atoms with van der Waals surface area (Å²) in [7, 11) is 0. The third-order valence-corrected chi connectivity index (χ3v) is 1.86. The molecule has 0 aliphatic heterocycles. The minimum Gasteiger partial charge on any atom is -0.409 e. The highest BCUT2D eigenvalue weighted by Gasteiger charge is 2.07. The van der Waals surface area contributed by atoms with Crippen LogP contribution in [0, 0.1) is 6.92 Å². The summed E-state index contributed by atoms with van der Waals surface area (Å²) in [6.07, 6.45) is 0. The van der Waals surface area contributed by atoms with Crippen molar-refractivity contribution in [2.45, 2.75) is 6.92 Å². The van der Waals surface area contributed by atoms with E-state index >= 15 is 0 Å². The molecule has 1 heterocycles. The third-order valence-electron chi connectivity index (χ3n) is 1.58. The quantitative estimate of drug-likeness (QED) is 0.266.